The lowest BCUT2D eigenvalue weighted by molar-refractivity contribution is 0.683. The Balaban J connectivity index is 2.84. The van der Waals surface area contributed by atoms with E-state index in [9.17, 15) is 4.21 Å². The second-order valence-corrected chi connectivity index (χ2v) is 5.54. The van der Waals surface area contributed by atoms with Crippen molar-refractivity contribution in [1.82, 2.24) is 0 Å². The van der Waals surface area contributed by atoms with Gasteiger partial charge in [0.1, 0.15) is 0 Å². The maximum Gasteiger partial charge on any atom is 0.0541 e. The van der Waals surface area contributed by atoms with E-state index >= 15 is 0 Å². The third-order valence-corrected chi connectivity index (χ3v) is 4.42. The minimum atomic E-state index is -0.906. The third-order valence-electron chi connectivity index (χ3n) is 2.04. The number of rotatable bonds is 4. The first-order valence-electron chi connectivity index (χ1n) is 4.39. The molecule has 0 heterocycles. The normalized spacial score (nSPS) is 12.7. The lowest BCUT2D eigenvalue weighted by atomic mass is 10.2. The van der Waals surface area contributed by atoms with Crippen molar-refractivity contribution in [3.63, 3.8) is 0 Å². The van der Waals surface area contributed by atoms with Crippen molar-refractivity contribution in [3.8, 4) is 0 Å². The molecule has 0 bridgehead atoms. The second-order valence-electron chi connectivity index (χ2n) is 3.01. The van der Waals surface area contributed by atoms with Crippen LogP contribution in [0.5, 0.6) is 0 Å². The van der Waals surface area contributed by atoms with Crippen molar-refractivity contribution in [2.75, 3.05) is 23.5 Å². The molecule has 2 N–H and O–H groups in total. The maximum absolute atomic E-state index is 11.8. The minimum absolute atomic E-state index is 0.700. The van der Waals surface area contributed by atoms with Crippen LogP contribution in [0, 0.1) is 6.92 Å². The van der Waals surface area contributed by atoms with Gasteiger partial charge < -0.3 is 5.73 Å². The molecule has 0 saturated heterocycles. The van der Waals surface area contributed by atoms with Crippen LogP contribution < -0.4 is 5.73 Å². The molecule has 0 radical (unpaired) electrons. The smallest absolute Gasteiger partial charge is 0.0541 e. The summed E-state index contributed by atoms with van der Waals surface area (Å²) in [5.41, 5.74) is 7.42. The highest BCUT2D eigenvalue weighted by atomic mass is 32.2. The summed E-state index contributed by atoms with van der Waals surface area (Å²) in [5, 5.41) is 0. The number of hydrogen-bond donors (Lipinski definition) is 1. The lowest BCUT2D eigenvalue weighted by Crippen LogP contribution is -2.04. The number of nitrogens with two attached hydrogens (primary N) is 1. The molecule has 0 aliphatic rings. The van der Waals surface area contributed by atoms with Crippen LogP contribution in [0.4, 0.5) is 5.69 Å². The van der Waals surface area contributed by atoms with Crippen LogP contribution in [0.3, 0.4) is 0 Å². The van der Waals surface area contributed by atoms with E-state index in [0.717, 1.165) is 21.9 Å². The first kappa shape index (κ1) is 11.6. The van der Waals surface area contributed by atoms with E-state index in [-0.39, 0.29) is 0 Å². The van der Waals surface area contributed by atoms with Crippen LogP contribution in [0.15, 0.2) is 23.1 Å². The minimum Gasteiger partial charge on any atom is -0.398 e. The van der Waals surface area contributed by atoms with Gasteiger partial charge >= 0.3 is 0 Å². The number of nitrogen functional groups attached to an aromatic ring is 1. The van der Waals surface area contributed by atoms with Gasteiger partial charge in [-0.25, -0.2) is 0 Å². The molecule has 14 heavy (non-hydrogen) atoms. The number of benzene rings is 1. The molecule has 0 amide bonds. The number of anilines is 1. The molecule has 1 aromatic rings. The van der Waals surface area contributed by atoms with Crippen molar-refractivity contribution in [1.29, 1.82) is 0 Å². The summed E-state index contributed by atoms with van der Waals surface area (Å²) >= 11 is 1.71. The predicted molar refractivity (Wildman–Crippen MR) is 65.2 cm³/mol. The van der Waals surface area contributed by atoms with E-state index in [1.165, 1.54) is 0 Å². The molecule has 1 unspecified atom stereocenters. The molecule has 0 aliphatic carbocycles. The fourth-order valence-corrected chi connectivity index (χ4v) is 3.33. The Morgan fingerprint density at radius 1 is 1.50 bits per heavy atom. The van der Waals surface area contributed by atoms with Crippen molar-refractivity contribution in [2.24, 2.45) is 0 Å². The van der Waals surface area contributed by atoms with Gasteiger partial charge in [0.15, 0.2) is 0 Å². The summed E-state index contributed by atoms with van der Waals surface area (Å²) < 4.78 is 11.8. The zero-order valence-electron chi connectivity index (χ0n) is 8.45. The summed E-state index contributed by atoms with van der Waals surface area (Å²) in [6, 6.07) is 5.58. The van der Waals surface area contributed by atoms with E-state index in [2.05, 4.69) is 0 Å². The second kappa shape index (κ2) is 5.41. The molecule has 4 heteroatoms. The monoisotopic (exact) mass is 229 g/mol. The van der Waals surface area contributed by atoms with Gasteiger partial charge in [-0.1, -0.05) is 6.07 Å². The lowest BCUT2D eigenvalue weighted by Gasteiger charge is -2.07. The molecule has 1 aromatic carbocycles. The Morgan fingerprint density at radius 2 is 2.21 bits per heavy atom. The molecule has 0 saturated carbocycles. The molecule has 2 nitrogen and oxygen atoms in total. The molecule has 0 aliphatic heterocycles. The highest BCUT2D eigenvalue weighted by Gasteiger charge is 2.07. The van der Waals surface area contributed by atoms with E-state index in [0.29, 0.717) is 5.75 Å². The van der Waals surface area contributed by atoms with Crippen LogP contribution in [0.1, 0.15) is 5.56 Å². The standard InChI is InChI=1S/C10H15NOS2/c1-8-9(11)4-3-5-10(8)14(12)7-6-13-2/h3-5H,6-7,11H2,1-2H3. The summed E-state index contributed by atoms with van der Waals surface area (Å²) in [6.45, 7) is 1.92. The summed E-state index contributed by atoms with van der Waals surface area (Å²) in [7, 11) is -0.906. The third kappa shape index (κ3) is 2.75. The van der Waals surface area contributed by atoms with Crippen molar-refractivity contribution >= 4 is 28.2 Å². The molecule has 0 aromatic heterocycles. The van der Waals surface area contributed by atoms with E-state index in [1.54, 1.807) is 11.8 Å². The quantitative estimate of drug-likeness (QED) is 0.804. The maximum atomic E-state index is 11.8. The Bertz CT molecular complexity index is 339. The summed E-state index contributed by atoms with van der Waals surface area (Å²) in [6.07, 6.45) is 2.02. The van der Waals surface area contributed by atoms with Gasteiger partial charge in [-0.05, 0) is 30.9 Å². The van der Waals surface area contributed by atoms with Crippen molar-refractivity contribution in [2.45, 2.75) is 11.8 Å². The Morgan fingerprint density at radius 3 is 2.86 bits per heavy atom. The molecule has 78 valence electrons. The first-order chi connectivity index (χ1) is 6.66. The van der Waals surface area contributed by atoms with Crippen LogP contribution in [-0.4, -0.2) is 22.0 Å². The molecule has 0 fully saturated rings. The van der Waals surface area contributed by atoms with E-state index in [1.807, 2.05) is 31.4 Å². The number of thioether (sulfide) groups is 1. The van der Waals surface area contributed by atoms with Gasteiger partial charge in [0.2, 0.25) is 0 Å². The van der Waals surface area contributed by atoms with Crippen LogP contribution in [-0.2, 0) is 10.8 Å². The van der Waals surface area contributed by atoms with E-state index in [4.69, 9.17) is 5.73 Å². The first-order valence-corrected chi connectivity index (χ1v) is 7.10. The van der Waals surface area contributed by atoms with Crippen molar-refractivity contribution < 1.29 is 4.21 Å². The van der Waals surface area contributed by atoms with Gasteiger partial charge in [-0.2, -0.15) is 11.8 Å². The summed E-state index contributed by atoms with van der Waals surface area (Å²) in [5.74, 6) is 1.62. The largest absolute Gasteiger partial charge is 0.398 e. The van der Waals surface area contributed by atoms with Crippen molar-refractivity contribution in [3.05, 3.63) is 23.8 Å². The fraction of sp³-hybridized carbons (Fsp3) is 0.400. The topological polar surface area (TPSA) is 43.1 Å². The predicted octanol–water partition coefficient (Wildman–Crippen LogP) is 2.05. The van der Waals surface area contributed by atoms with Gasteiger partial charge in [-0.3, -0.25) is 4.21 Å². The Kier molecular flexibility index (Phi) is 4.48. The zero-order chi connectivity index (χ0) is 10.6. The van der Waals surface area contributed by atoms with Crippen LogP contribution >= 0.6 is 11.8 Å². The molecule has 0 spiro atoms. The molecule has 1 atom stereocenters. The average Bonchev–Trinajstić information content (AvgIpc) is 2.18. The molecular weight excluding hydrogens is 214 g/mol. The number of hydrogen-bond acceptors (Lipinski definition) is 3. The van der Waals surface area contributed by atoms with Crippen LogP contribution in [0.25, 0.3) is 0 Å². The average molecular weight is 229 g/mol. The van der Waals surface area contributed by atoms with E-state index < -0.39 is 10.8 Å². The van der Waals surface area contributed by atoms with Gasteiger partial charge in [-0.15, -0.1) is 0 Å². The highest BCUT2D eigenvalue weighted by Crippen LogP contribution is 2.19. The van der Waals surface area contributed by atoms with Gasteiger partial charge in [0, 0.05) is 22.1 Å². The van der Waals surface area contributed by atoms with Crippen LogP contribution in [0.2, 0.25) is 0 Å². The highest BCUT2D eigenvalue weighted by molar-refractivity contribution is 7.99. The Labute approximate surface area is 91.7 Å². The van der Waals surface area contributed by atoms with Gasteiger partial charge in [0.25, 0.3) is 0 Å². The SMILES string of the molecule is CSCCS(=O)c1cccc(N)c1C. The zero-order valence-corrected chi connectivity index (χ0v) is 10.1. The summed E-state index contributed by atoms with van der Waals surface area (Å²) in [4.78, 5) is 0.874. The van der Waals surface area contributed by atoms with Gasteiger partial charge in [0.05, 0.1) is 10.8 Å². The molecule has 1 rings (SSSR count). The Hall–Kier alpha value is -0.480. The fourth-order valence-electron chi connectivity index (χ4n) is 1.15. The molecular formula is C10H15NOS2.